The Balaban J connectivity index is 2.00. The number of carbonyl (C=O) groups is 1. The number of nitrogens with zero attached hydrogens (tertiary/aromatic N) is 3. The molecule has 0 saturated carbocycles. The fraction of sp³-hybridized carbons (Fsp3) is 0.188. The monoisotopic (exact) mass is 402 g/mol. The molecule has 0 unspecified atom stereocenters. The van der Waals surface area contributed by atoms with E-state index in [1.54, 1.807) is 0 Å². The van der Waals surface area contributed by atoms with E-state index in [0.29, 0.717) is 22.0 Å². The van der Waals surface area contributed by atoms with Crippen molar-refractivity contribution in [3.63, 3.8) is 0 Å². The Hall–Kier alpha value is -2.75. The predicted molar refractivity (Wildman–Crippen MR) is 86.6 cm³/mol. The second-order valence-corrected chi connectivity index (χ2v) is 6.26. The largest absolute Gasteiger partial charge is 0.433 e. The number of benzene rings is 1. The highest BCUT2D eigenvalue weighted by Gasteiger charge is 2.34. The van der Waals surface area contributed by atoms with E-state index in [0.717, 1.165) is 6.07 Å². The second kappa shape index (κ2) is 5.88. The minimum absolute atomic E-state index is 0.0229. The van der Waals surface area contributed by atoms with E-state index >= 15 is 0 Å². The third-order valence-electron chi connectivity index (χ3n) is 4.08. The van der Waals surface area contributed by atoms with E-state index in [1.807, 2.05) is 0 Å². The molecular weight excluding hydrogens is 395 g/mol. The summed E-state index contributed by atoms with van der Waals surface area (Å²) >= 11 is 6.11. The maximum absolute atomic E-state index is 13.5. The Labute approximate surface area is 152 Å². The molecule has 0 spiro atoms. The number of nitrogens with one attached hydrogen (secondary N) is 1. The molecule has 140 valence electrons. The molecule has 4 rings (SSSR count). The molecule has 27 heavy (non-hydrogen) atoms. The van der Waals surface area contributed by atoms with E-state index in [9.17, 15) is 26.7 Å². The second-order valence-electron chi connectivity index (χ2n) is 5.85. The average molecular weight is 403 g/mol. The van der Waals surface area contributed by atoms with Gasteiger partial charge in [0.15, 0.2) is 0 Å². The molecule has 1 aliphatic rings. The normalized spacial score (nSPS) is 14.1. The first kappa shape index (κ1) is 17.7. The van der Waals surface area contributed by atoms with Crippen molar-refractivity contribution < 1.29 is 26.7 Å². The third-order valence-corrected chi connectivity index (χ3v) is 4.38. The number of hydrogen-bond donors (Lipinski definition) is 1. The van der Waals surface area contributed by atoms with Gasteiger partial charge >= 0.3 is 12.7 Å². The van der Waals surface area contributed by atoms with Gasteiger partial charge in [-0.05, 0) is 29.8 Å². The molecule has 3 heterocycles. The van der Waals surface area contributed by atoms with Gasteiger partial charge in [-0.15, -0.1) is 0 Å². The van der Waals surface area contributed by atoms with Crippen LogP contribution in [0.3, 0.4) is 0 Å². The number of alkyl halides is 5. The number of hydrogen-bond acceptors (Lipinski definition) is 3. The smallest absolute Gasteiger partial charge is 0.324 e. The van der Waals surface area contributed by atoms with Crippen molar-refractivity contribution in [3.8, 4) is 11.3 Å². The zero-order chi connectivity index (χ0) is 19.5. The van der Waals surface area contributed by atoms with Crippen LogP contribution >= 0.6 is 11.6 Å². The van der Waals surface area contributed by atoms with Crippen molar-refractivity contribution >= 4 is 34.2 Å². The fourth-order valence-electron chi connectivity index (χ4n) is 2.99. The van der Waals surface area contributed by atoms with Crippen LogP contribution in [0, 0.1) is 0 Å². The van der Waals surface area contributed by atoms with Gasteiger partial charge in [0.05, 0.1) is 17.1 Å². The summed E-state index contributed by atoms with van der Waals surface area (Å²) in [5.41, 5.74) is -1.11. The van der Waals surface area contributed by atoms with Crippen LogP contribution in [0.2, 0.25) is 5.02 Å². The first-order chi connectivity index (χ1) is 12.6. The van der Waals surface area contributed by atoms with Gasteiger partial charge in [-0.25, -0.2) is 9.67 Å². The van der Waals surface area contributed by atoms with Crippen molar-refractivity contribution in [2.45, 2.75) is 19.1 Å². The van der Waals surface area contributed by atoms with Crippen LogP contribution in [0.4, 0.5) is 27.6 Å². The van der Waals surface area contributed by atoms with E-state index in [2.05, 4.69) is 15.4 Å². The molecule has 0 radical (unpaired) electrons. The van der Waals surface area contributed by atoms with Crippen molar-refractivity contribution in [1.82, 2.24) is 14.8 Å². The van der Waals surface area contributed by atoms with E-state index < -0.39 is 18.4 Å². The molecular formula is C16H8ClF5N4O. The molecule has 0 bridgehead atoms. The molecule has 0 atom stereocenters. The summed E-state index contributed by atoms with van der Waals surface area (Å²) in [6.07, 6.45) is -4.77. The molecule has 0 fully saturated rings. The highest BCUT2D eigenvalue weighted by Crippen LogP contribution is 2.39. The van der Waals surface area contributed by atoms with Gasteiger partial charge in [-0.3, -0.25) is 4.79 Å². The molecule has 3 aromatic rings. The molecule has 1 aliphatic heterocycles. The molecule has 1 aromatic carbocycles. The quantitative estimate of drug-likeness (QED) is 0.634. The number of anilines is 1. The van der Waals surface area contributed by atoms with Gasteiger partial charge in [-0.2, -0.15) is 27.1 Å². The lowest BCUT2D eigenvalue weighted by Crippen LogP contribution is -2.07. The molecule has 11 heteroatoms. The van der Waals surface area contributed by atoms with E-state index in [-0.39, 0.29) is 39.6 Å². The fourth-order valence-corrected chi connectivity index (χ4v) is 3.27. The highest BCUT2D eigenvalue weighted by atomic mass is 35.5. The Morgan fingerprint density at radius 2 is 1.96 bits per heavy atom. The summed E-state index contributed by atoms with van der Waals surface area (Å²) in [6, 6.07) is 4.35. The van der Waals surface area contributed by atoms with Crippen LogP contribution in [0.5, 0.6) is 0 Å². The van der Waals surface area contributed by atoms with Gasteiger partial charge < -0.3 is 5.32 Å². The summed E-state index contributed by atoms with van der Waals surface area (Å²) in [6.45, 7) is -3.12. The number of halogens is 6. The van der Waals surface area contributed by atoms with Gasteiger partial charge in [0.1, 0.15) is 22.4 Å². The lowest BCUT2D eigenvalue weighted by atomic mass is 10.0. The maximum Gasteiger partial charge on any atom is 0.433 e. The van der Waals surface area contributed by atoms with Gasteiger partial charge in [0, 0.05) is 5.56 Å². The van der Waals surface area contributed by atoms with Crippen molar-refractivity contribution in [2.75, 3.05) is 5.32 Å². The summed E-state index contributed by atoms with van der Waals surface area (Å²) in [5.74, 6) is -0.325. The molecule has 1 N–H and O–H groups in total. The zero-order valence-electron chi connectivity index (χ0n) is 13.1. The van der Waals surface area contributed by atoms with Crippen LogP contribution in [0.15, 0.2) is 24.3 Å². The summed E-state index contributed by atoms with van der Waals surface area (Å²) in [7, 11) is 0. The van der Waals surface area contributed by atoms with Crippen LogP contribution in [0.25, 0.3) is 22.3 Å². The Kier molecular flexibility index (Phi) is 3.84. The maximum atomic E-state index is 13.5. The van der Waals surface area contributed by atoms with Crippen molar-refractivity contribution in [3.05, 3.63) is 40.5 Å². The Morgan fingerprint density at radius 3 is 2.63 bits per heavy atom. The molecule has 0 aliphatic carbocycles. The standard InChI is InChI=1S/C16H8ClF5N4O/c17-8-4-7(3-6-5-11(27)24-12(6)8)14-13-9(25-26(14)15(18)19)1-2-10(23-13)16(20,21)22/h1-4,15H,5H2,(H,24,27). The van der Waals surface area contributed by atoms with Crippen LogP contribution < -0.4 is 5.32 Å². The SMILES string of the molecule is O=C1Cc2cc(-c3c4nc(C(F)(F)F)ccc4nn3C(F)F)cc(Cl)c2N1. The van der Waals surface area contributed by atoms with Crippen molar-refractivity contribution in [1.29, 1.82) is 0 Å². The van der Waals surface area contributed by atoms with E-state index in [4.69, 9.17) is 11.6 Å². The van der Waals surface area contributed by atoms with Crippen LogP contribution in [-0.4, -0.2) is 20.7 Å². The minimum atomic E-state index is -4.75. The minimum Gasteiger partial charge on any atom is -0.324 e. The number of aromatic nitrogens is 3. The molecule has 0 saturated heterocycles. The highest BCUT2D eigenvalue weighted by molar-refractivity contribution is 6.34. The lowest BCUT2D eigenvalue weighted by Gasteiger charge is -2.10. The first-order valence-electron chi connectivity index (χ1n) is 7.52. The molecule has 1 amide bonds. The third kappa shape index (κ3) is 2.89. The summed E-state index contributed by atoms with van der Waals surface area (Å²) in [5, 5.41) is 6.28. The molecule has 2 aromatic heterocycles. The van der Waals surface area contributed by atoms with Crippen LogP contribution in [-0.2, 0) is 17.4 Å². The number of carbonyl (C=O) groups excluding carboxylic acids is 1. The molecule has 5 nitrogen and oxygen atoms in total. The Morgan fingerprint density at radius 1 is 1.22 bits per heavy atom. The van der Waals surface area contributed by atoms with Gasteiger partial charge in [0.2, 0.25) is 5.91 Å². The summed E-state index contributed by atoms with van der Waals surface area (Å²) < 4.78 is 66.2. The van der Waals surface area contributed by atoms with Gasteiger partial charge in [0.25, 0.3) is 0 Å². The Bertz CT molecular complexity index is 1090. The van der Waals surface area contributed by atoms with Crippen molar-refractivity contribution in [2.24, 2.45) is 0 Å². The number of pyridine rings is 1. The first-order valence-corrected chi connectivity index (χ1v) is 7.90. The number of fused-ring (bicyclic) bond motifs is 2. The lowest BCUT2D eigenvalue weighted by molar-refractivity contribution is -0.141. The zero-order valence-corrected chi connectivity index (χ0v) is 13.9. The number of rotatable bonds is 2. The average Bonchev–Trinajstić information content (AvgIpc) is 3.13. The van der Waals surface area contributed by atoms with E-state index in [1.165, 1.54) is 12.1 Å². The predicted octanol–water partition coefficient (Wildman–Crippen LogP) is 4.66. The van der Waals surface area contributed by atoms with Gasteiger partial charge in [-0.1, -0.05) is 11.6 Å². The summed E-state index contributed by atoms with van der Waals surface area (Å²) in [4.78, 5) is 15.0. The van der Waals surface area contributed by atoms with Crippen LogP contribution in [0.1, 0.15) is 17.8 Å². The number of amides is 1. The topological polar surface area (TPSA) is 59.8 Å².